The first-order chi connectivity index (χ1) is 8.56. The molecule has 0 atom stereocenters. The first-order valence-electron chi connectivity index (χ1n) is 5.23. The number of rotatable bonds is 4. The number of aliphatic carboxylic acids is 1. The predicted molar refractivity (Wildman–Crippen MR) is 63.2 cm³/mol. The lowest BCUT2D eigenvalue weighted by Crippen LogP contribution is -2.19. The number of nitrogens with zero attached hydrogens (tertiary/aromatic N) is 3. The first kappa shape index (κ1) is 11.9. The SMILES string of the molecule is Cn1cc(NC(=O)c2cccn2CC(=O)O)cn1. The highest BCUT2D eigenvalue weighted by atomic mass is 16.4. The van der Waals surface area contributed by atoms with Gasteiger partial charge in [-0.3, -0.25) is 14.3 Å². The summed E-state index contributed by atoms with van der Waals surface area (Å²) in [5.41, 5.74) is 0.854. The molecule has 2 heterocycles. The van der Waals surface area contributed by atoms with Crippen molar-refractivity contribution in [2.45, 2.75) is 6.54 Å². The van der Waals surface area contributed by atoms with Crippen molar-refractivity contribution in [1.82, 2.24) is 14.3 Å². The number of anilines is 1. The third-order valence-electron chi connectivity index (χ3n) is 2.33. The molecule has 2 aromatic heterocycles. The van der Waals surface area contributed by atoms with Crippen molar-refractivity contribution in [3.8, 4) is 0 Å². The van der Waals surface area contributed by atoms with Crippen molar-refractivity contribution in [3.63, 3.8) is 0 Å². The van der Waals surface area contributed by atoms with E-state index in [-0.39, 0.29) is 12.5 Å². The molecule has 0 spiro atoms. The second kappa shape index (κ2) is 4.74. The van der Waals surface area contributed by atoms with Gasteiger partial charge in [-0.15, -0.1) is 0 Å². The van der Waals surface area contributed by atoms with E-state index in [4.69, 9.17) is 5.11 Å². The first-order valence-corrected chi connectivity index (χ1v) is 5.23. The van der Waals surface area contributed by atoms with Gasteiger partial charge in [0, 0.05) is 19.4 Å². The quantitative estimate of drug-likeness (QED) is 0.827. The second-order valence-electron chi connectivity index (χ2n) is 3.77. The van der Waals surface area contributed by atoms with Crippen molar-refractivity contribution < 1.29 is 14.7 Å². The molecule has 0 aromatic carbocycles. The van der Waals surface area contributed by atoms with Crippen LogP contribution in [0, 0.1) is 0 Å². The Morgan fingerprint density at radius 2 is 2.28 bits per heavy atom. The summed E-state index contributed by atoms with van der Waals surface area (Å²) in [4.78, 5) is 22.6. The van der Waals surface area contributed by atoms with Crippen molar-refractivity contribution in [2.24, 2.45) is 7.05 Å². The molecule has 0 bridgehead atoms. The summed E-state index contributed by atoms with van der Waals surface area (Å²) in [6.45, 7) is -0.247. The number of aryl methyl sites for hydroxylation is 1. The zero-order valence-electron chi connectivity index (χ0n) is 9.70. The monoisotopic (exact) mass is 248 g/mol. The lowest BCUT2D eigenvalue weighted by Gasteiger charge is -2.06. The lowest BCUT2D eigenvalue weighted by molar-refractivity contribution is -0.137. The van der Waals surface area contributed by atoms with Crippen LogP contribution < -0.4 is 5.32 Å². The largest absolute Gasteiger partial charge is 0.480 e. The number of carbonyl (C=O) groups excluding carboxylic acids is 1. The summed E-state index contributed by atoms with van der Waals surface area (Å²) in [7, 11) is 1.74. The zero-order chi connectivity index (χ0) is 13.1. The molecule has 0 unspecified atom stereocenters. The number of nitrogens with one attached hydrogen (secondary N) is 1. The molecule has 0 saturated carbocycles. The van der Waals surface area contributed by atoms with Gasteiger partial charge in [0.05, 0.1) is 11.9 Å². The third kappa shape index (κ3) is 2.57. The van der Waals surface area contributed by atoms with Crippen LogP contribution in [0.2, 0.25) is 0 Å². The van der Waals surface area contributed by atoms with Gasteiger partial charge in [-0.05, 0) is 12.1 Å². The normalized spacial score (nSPS) is 10.3. The van der Waals surface area contributed by atoms with E-state index in [9.17, 15) is 9.59 Å². The Balaban J connectivity index is 2.14. The van der Waals surface area contributed by atoms with Gasteiger partial charge in [0.25, 0.3) is 5.91 Å². The van der Waals surface area contributed by atoms with Crippen LogP contribution in [0.15, 0.2) is 30.7 Å². The number of carboxylic acid groups (broad SMARTS) is 1. The minimum atomic E-state index is -0.998. The molecule has 0 saturated heterocycles. The van der Waals surface area contributed by atoms with Crippen LogP contribution in [0.1, 0.15) is 10.5 Å². The third-order valence-corrected chi connectivity index (χ3v) is 2.33. The van der Waals surface area contributed by atoms with E-state index in [0.29, 0.717) is 11.4 Å². The van der Waals surface area contributed by atoms with Gasteiger partial charge >= 0.3 is 5.97 Å². The molecular formula is C11H12N4O3. The molecule has 2 N–H and O–H groups in total. The van der Waals surface area contributed by atoms with Crippen molar-refractivity contribution in [2.75, 3.05) is 5.32 Å². The summed E-state index contributed by atoms with van der Waals surface area (Å²) in [6.07, 6.45) is 4.72. The van der Waals surface area contributed by atoms with Gasteiger partial charge in [0.15, 0.2) is 0 Å². The van der Waals surface area contributed by atoms with Gasteiger partial charge in [-0.25, -0.2) is 0 Å². The van der Waals surface area contributed by atoms with E-state index in [0.717, 1.165) is 0 Å². The maximum atomic E-state index is 11.9. The summed E-state index contributed by atoms with van der Waals surface area (Å²) >= 11 is 0. The van der Waals surface area contributed by atoms with Gasteiger partial charge in [-0.1, -0.05) is 0 Å². The van der Waals surface area contributed by atoms with Crippen LogP contribution in [-0.2, 0) is 18.4 Å². The van der Waals surface area contributed by atoms with E-state index < -0.39 is 5.97 Å². The molecule has 0 aliphatic rings. The highest BCUT2D eigenvalue weighted by Crippen LogP contribution is 2.08. The summed E-state index contributed by atoms with van der Waals surface area (Å²) < 4.78 is 2.93. The smallest absolute Gasteiger partial charge is 0.323 e. The predicted octanol–water partition coefficient (Wildman–Crippen LogP) is 0.558. The Labute approximate surface area is 103 Å². The zero-order valence-corrected chi connectivity index (χ0v) is 9.70. The Morgan fingerprint density at radius 3 is 2.89 bits per heavy atom. The average molecular weight is 248 g/mol. The standard InChI is InChI=1S/C11H12N4O3/c1-14-6-8(5-12-14)13-11(18)9-3-2-4-15(9)7-10(16)17/h2-6H,7H2,1H3,(H,13,18)(H,16,17). The molecule has 0 radical (unpaired) electrons. The number of hydrogen-bond acceptors (Lipinski definition) is 3. The maximum Gasteiger partial charge on any atom is 0.323 e. The van der Waals surface area contributed by atoms with Crippen molar-refractivity contribution >= 4 is 17.6 Å². The highest BCUT2D eigenvalue weighted by Gasteiger charge is 2.13. The van der Waals surface area contributed by atoms with E-state index in [1.165, 1.54) is 10.8 Å². The molecular weight excluding hydrogens is 236 g/mol. The van der Waals surface area contributed by atoms with E-state index in [2.05, 4.69) is 10.4 Å². The minimum absolute atomic E-state index is 0.247. The molecule has 7 nitrogen and oxygen atoms in total. The fraction of sp³-hybridized carbons (Fsp3) is 0.182. The lowest BCUT2D eigenvalue weighted by atomic mass is 10.4. The van der Waals surface area contributed by atoms with Gasteiger partial charge in [-0.2, -0.15) is 5.10 Å². The van der Waals surface area contributed by atoms with Crippen LogP contribution in [0.25, 0.3) is 0 Å². The fourth-order valence-electron chi connectivity index (χ4n) is 1.58. The average Bonchev–Trinajstić information content (AvgIpc) is 2.87. The van der Waals surface area contributed by atoms with Crippen LogP contribution >= 0.6 is 0 Å². The number of carboxylic acids is 1. The van der Waals surface area contributed by atoms with Crippen LogP contribution in [0.3, 0.4) is 0 Å². The fourth-order valence-corrected chi connectivity index (χ4v) is 1.58. The van der Waals surface area contributed by atoms with Crippen LogP contribution in [0.5, 0.6) is 0 Å². The Morgan fingerprint density at radius 1 is 1.50 bits per heavy atom. The molecule has 0 fully saturated rings. The number of carbonyl (C=O) groups is 2. The summed E-state index contributed by atoms with van der Waals surface area (Å²) in [5, 5.41) is 15.3. The Bertz CT molecular complexity index is 585. The molecule has 2 rings (SSSR count). The minimum Gasteiger partial charge on any atom is -0.480 e. The van der Waals surface area contributed by atoms with Crippen molar-refractivity contribution in [1.29, 1.82) is 0 Å². The molecule has 7 heteroatoms. The molecule has 94 valence electrons. The van der Waals surface area contributed by atoms with E-state index in [1.54, 1.807) is 36.3 Å². The summed E-state index contributed by atoms with van der Waals surface area (Å²) in [6, 6.07) is 3.19. The number of amides is 1. The Kier molecular flexibility index (Phi) is 3.13. The topological polar surface area (TPSA) is 89.2 Å². The van der Waals surface area contributed by atoms with E-state index in [1.807, 2.05) is 0 Å². The van der Waals surface area contributed by atoms with Gasteiger partial charge in [0.2, 0.25) is 0 Å². The van der Waals surface area contributed by atoms with Gasteiger partial charge in [0.1, 0.15) is 12.2 Å². The van der Waals surface area contributed by atoms with Crippen molar-refractivity contribution in [3.05, 3.63) is 36.4 Å². The van der Waals surface area contributed by atoms with E-state index >= 15 is 0 Å². The molecule has 2 aromatic rings. The summed E-state index contributed by atoms with van der Waals surface area (Å²) in [5.74, 6) is -1.36. The van der Waals surface area contributed by atoms with Crippen LogP contribution in [-0.4, -0.2) is 31.3 Å². The Hall–Kier alpha value is -2.57. The second-order valence-corrected chi connectivity index (χ2v) is 3.77. The number of hydrogen-bond donors (Lipinski definition) is 2. The molecule has 1 amide bonds. The van der Waals surface area contributed by atoms with Gasteiger partial charge < -0.3 is 15.0 Å². The number of aromatic nitrogens is 3. The molecule has 0 aliphatic heterocycles. The highest BCUT2D eigenvalue weighted by molar-refractivity contribution is 6.03. The van der Waals surface area contributed by atoms with Crippen LogP contribution in [0.4, 0.5) is 5.69 Å². The molecule has 18 heavy (non-hydrogen) atoms. The molecule has 0 aliphatic carbocycles. The maximum absolute atomic E-state index is 11.9.